The number of allylic oxidation sites excluding steroid dienone is 2. The second-order valence-corrected chi connectivity index (χ2v) is 5.02. The number of rotatable bonds is 7. The van der Waals surface area contributed by atoms with Crippen molar-refractivity contribution >= 4 is 5.91 Å². The van der Waals surface area contributed by atoms with Crippen LogP contribution in [0.4, 0.5) is 13.2 Å². The molecule has 0 saturated carbocycles. The van der Waals surface area contributed by atoms with Gasteiger partial charge in [-0.3, -0.25) is 10.5 Å². The Morgan fingerprint density at radius 1 is 1.27 bits per heavy atom. The molecule has 138 valence electrons. The van der Waals surface area contributed by atoms with Crippen molar-refractivity contribution in [2.24, 2.45) is 11.5 Å². The summed E-state index contributed by atoms with van der Waals surface area (Å²) in [5.74, 6) is -1.27. The Balaban J connectivity index is 2.26. The monoisotopic (exact) mass is 369 g/mol. The van der Waals surface area contributed by atoms with E-state index in [2.05, 4.69) is 16.0 Å². The Morgan fingerprint density at radius 2 is 1.92 bits per heavy atom. The van der Waals surface area contributed by atoms with Crippen molar-refractivity contribution in [3.8, 4) is 5.69 Å². The number of benzene rings is 1. The van der Waals surface area contributed by atoms with Crippen molar-refractivity contribution in [3.63, 3.8) is 0 Å². The molecule has 1 amide bonds. The molecule has 0 bridgehead atoms. The number of nitrogens with zero attached hydrogens (tertiary/aromatic N) is 3. The van der Waals surface area contributed by atoms with Gasteiger partial charge >= 0.3 is 0 Å². The minimum Gasteiger partial charge on any atom is -0.445 e. The van der Waals surface area contributed by atoms with E-state index in [-0.39, 0.29) is 23.9 Å². The fourth-order valence-corrected chi connectivity index (χ4v) is 1.88. The number of carbonyl (C=O) groups excluding carboxylic acids is 1. The molecule has 8 nitrogen and oxygen atoms in total. The summed E-state index contributed by atoms with van der Waals surface area (Å²) < 4.78 is 45.7. The van der Waals surface area contributed by atoms with Gasteiger partial charge < -0.3 is 16.2 Å². The lowest BCUT2D eigenvalue weighted by atomic mass is 10.3. The van der Waals surface area contributed by atoms with E-state index in [1.165, 1.54) is 24.3 Å². The lowest BCUT2D eigenvalue weighted by molar-refractivity contribution is -0.359. The highest BCUT2D eigenvalue weighted by molar-refractivity contribution is 5.91. The van der Waals surface area contributed by atoms with Crippen LogP contribution in [-0.2, 0) is 16.1 Å². The van der Waals surface area contributed by atoms with Crippen LogP contribution in [0.15, 0.2) is 48.0 Å². The molecule has 0 radical (unpaired) electrons. The molecule has 0 unspecified atom stereocenters. The molecule has 0 aliphatic heterocycles. The van der Waals surface area contributed by atoms with Crippen molar-refractivity contribution in [2.75, 3.05) is 0 Å². The number of alkyl halides is 2. The van der Waals surface area contributed by atoms with E-state index in [1.807, 2.05) is 0 Å². The molecule has 1 heterocycles. The smallest absolute Gasteiger partial charge is 0.286 e. The van der Waals surface area contributed by atoms with Gasteiger partial charge in [0.15, 0.2) is 5.69 Å². The molecule has 2 rings (SSSR count). The lowest BCUT2D eigenvalue weighted by Gasteiger charge is -2.08. The minimum atomic E-state index is -2.88. The van der Waals surface area contributed by atoms with Gasteiger partial charge in [-0.25, -0.2) is 17.9 Å². The summed E-state index contributed by atoms with van der Waals surface area (Å²) in [5.41, 5.74) is 13.4. The number of hydrogen-bond acceptors (Lipinski definition) is 5. The number of halogens is 3. The molecular weight excluding hydrogens is 353 g/mol. The van der Waals surface area contributed by atoms with Gasteiger partial charge in [0.25, 0.3) is 18.2 Å². The van der Waals surface area contributed by atoms with E-state index in [0.29, 0.717) is 5.69 Å². The number of primary amides is 1. The Kier molecular flexibility index (Phi) is 5.96. The van der Waals surface area contributed by atoms with E-state index in [1.54, 1.807) is 0 Å². The highest BCUT2D eigenvalue weighted by Gasteiger charge is 2.22. The molecule has 0 atom stereocenters. The van der Waals surface area contributed by atoms with Gasteiger partial charge in [0, 0.05) is 6.08 Å². The predicted molar refractivity (Wildman–Crippen MR) is 83.5 cm³/mol. The number of aromatic nitrogens is 3. The SMILES string of the molecule is NC(=O)C(N)=CC=C([NH3+])OCc1c(C(F)F)nnn1-c1ccc(F)cc1. The Bertz CT molecular complexity index is 846. The highest BCUT2D eigenvalue weighted by atomic mass is 19.3. The number of hydrogen-bond donors (Lipinski definition) is 3. The standard InChI is InChI=1S/C15H15F3N6O2/c16-8-1-3-9(4-2-8)24-11(13(14(17)18)22-23-24)7-26-12(20)6-5-10(19)15(21)25/h1-6,14H,7,19-20H2,(H2,21,25)/p+1. The molecule has 0 aliphatic rings. The summed E-state index contributed by atoms with van der Waals surface area (Å²) in [5, 5.41) is 7.11. The van der Waals surface area contributed by atoms with Crippen LogP contribution >= 0.6 is 0 Å². The summed E-state index contributed by atoms with van der Waals surface area (Å²) in [6.07, 6.45) is -0.451. The normalized spacial score (nSPS) is 12.5. The molecule has 2 aromatic rings. The number of nitrogens with two attached hydrogens (primary N) is 2. The maximum atomic E-state index is 13.1. The first-order chi connectivity index (χ1) is 12.3. The first-order valence-electron chi connectivity index (χ1n) is 7.20. The van der Waals surface area contributed by atoms with Crippen LogP contribution in [0.3, 0.4) is 0 Å². The van der Waals surface area contributed by atoms with Gasteiger partial charge in [0.05, 0.1) is 11.4 Å². The molecule has 1 aromatic heterocycles. The maximum absolute atomic E-state index is 13.1. The number of quaternary nitrogens is 1. The summed E-state index contributed by atoms with van der Waals surface area (Å²) in [7, 11) is 0. The summed E-state index contributed by atoms with van der Waals surface area (Å²) >= 11 is 0. The van der Waals surface area contributed by atoms with E-state index < -0.39 is 23.8 Å². The Morgan fingerprint density at radius 3 is 2.50 bits per heavy atom. The molecule has 26 heavy (non-hydrogen) atoms. The van der Waals surface area contributed by atoms with Gasteiger partial charge in [-0.2, -0.15) is 0 Å². The average molecular weight is 369 g/mol. The lowest BCUT2D eigenvalue weighted by Crippen LogP contribution is -2.48. The van der Waals surface area contributed by atoms with Crippen LogP contribution in [0.1, 0.15) is 17.8 Å². The zero-order valence-electron chi connectivity index (χ0n) is 13.4. The first kappa shape index (κ1) is 19.0. The molecular formula is C15H16F3N6O2+. The molecule has 0 aliphatic carbocycles. The van der Waals surface area contributed by atoms with Crippen LogP contribution in [-0.4, -0.2) is 20.9 Å². The third-order valence-corrected chi connectivity index (χ3v) is 3.20. The molecule has 0 spiro atoms. The average Bonchev–Trinajstić information content (AvgIpc) is 3.02. The fourth-order valence-electron chi connectivity index (χ4n) is 1.88. The van der Waals surface area contributed by atoms with Crippen LogP contribution in [0.2, 0.25) is 0 Å². The minimum absolute atomic E-state index is 0.0342. The van der Waals surface area contributed by atoms with E-state index in [9.17, 15) is 18.0 Å². The third-order valence-electron chi connectivity index (χ3n) is 3.20. The summed E-state index contributed by atoms with van der Waals surface area (Å²) in [6.45, 7) is -0.344. The van der Waals surface area contributed by atoms with Crippen LogP contribution < -0.4 is 17.2 Å². The van der Waals surface area contributed by atoms with Gasteiger partial charge in [0.2, 0.25) is 0 Å². The third kappa shape index (κ3) is 4.60. The predicted octanol–water partition coefficient (Wildman–Crippen LogP) is 0.272. The molecule has 11 heteroatoms. The molecule has 0 saturated heterocycles. The molecule has 1 aromatic carbocycles. The zero-order valence-corrected chi connectivity index (χ0v) is 13.4. The van der Waals surface area contributed by atoms with Crippen LogP contribution in [0.25, 0.3) is 5.69 Å². The highest BCUT2D eigenvalue weighted by Crippen LogP contribution is 2.23. The van der Waals surface area contributed by atoms with Crippen molar-refractivity contribution in [1.82, 2.24) is 15.0 Å². The number of carbonyl (C=O) groups is 1. The Labute approximate surface area is 145 Å². The fraction of sp³-hybridized carbons (Fsp3) is 0.133. The second kappa shape index (κ2) is 8.16. The van der Waals surface area contributed by atoms with Crippen molar-refractivity contribution in [2.45, 2.75) is 13.0 Å². The zero-order chi connectivity index (χ0) is 19.3. The van der Waals surface area contributed by atoms with Gasteiger partial charge in [-0.05, 0) is 30.3 Å². The largest absolute Gasteiger partial charge is 0.445 e. The second-order valence-electron chi connectivity index (χ2n) is 5.02. The number of ether oxygens (including phenoxy) is 1. The van der Waals surface area contributed by atoms with E-state index in [0.717, 1.165) is 16.8 Å². The van der Waals surface area contributed by atoms with Crippen molar-refractivity contribution in [3.05, 3.63) is 65.2 Å². The van der Waals surface area contributed by atoms with Crippen LogP contribution in [0, 0.1) is 5.82 Å². The maximum Gasteiger partial charge on any atom is 0.286 e. The van der Waals surface area contributed by atoms with Crippen molar-refractivity contribution in [1.29, 1.82) is 0 Å². The van der Waals surface area contributed by atoms with Gasteiger partial charge in [0.1, 0.15) is 18.1 Å². The number of amides is 1. The van der Waals surface area contributed by atoms with Crippen LogP contribution in [0.5, 0.6) is 0 Å². The van der Waals surface area contributed by atoms with E-state index >= 15 is 0 Å². The molecule has 7 N–H and O–H groups in total. The van der Waals surface area contributed by atoms with E-state index in [4.69, 9.17) is 16.2 Å². The quantitative estimate of drug-likeness (QED) is 0.366. The summed E-state index contributed by atoms with van der Waals surface area (Å²) in [4.78, 5) is 10.8. The first-order valence-corrected chi connectivity index (χ1v) is 7.20. The van der Waals surface area contributed by atoms with Gasteiger partial charge in [-0.1, -0.05) is 5.21 Å². The van der Waals surface area contributed by atoms with Crippen molar-refractivity contribution < 1.29 is 28.4 Å². The topological polar surface area (TPSA) is 137 Å². The van der Waals surface area contributed by atoms with Gasteiger partial charge in [-0.15, -0.1) is 5.10 Å². The summed E-state index contributed by atoms with van der Waals surface area (Å²) in [6, 6.07) is 5.04. The molecule has 0 fully saturated rings. The Hall–Kier alpha value is -3.34.